The van der Waals surface area contributed by atoms with E-state index in [0.717, 1.165) is 17.1 Å². The first-order valence-corrected chi connectivity index (χ1v) is 13.0. The number of hydrogen-bond donors (Lipinski definition) is 1. The Hall–Kier alpha value is -3.69. The van der Waals surface area contributed by atoms with Crippen LogP contribution in [-0.4, -0.2) is 30.4 Å². The van der Waals surface area contributed by atoms with Crippen molar-refractivity contribution in [3.05, 3.63) is 92.6 Å². The molecule has 0 saturated carbocycles. The number of nitrogens with one attached hydrogen (secondary N) is 1. The van der Waals surface area contributed by atoms with Crippen molar-refractivity contribution in [3.63, 3.8) is 0 Å². The lowest BCUT2D eigenvalue weighted by molar-refractivity contribution is 0.0923. The summed E-state index contributed by atoms with van der Waals surface area (Å²) in [6, 6.07) is 16.9. The highest BCUT2D eigenvalue weighted by Gasteiger charge is 2.17. The van der Waals surface area contributed by atoms with Gasteiger partial charge in [-0.25, -0.2) is 5.43 Å². The maximum Gasteiger partial charge on any atom is 0.307 e. The average Bonchev–Trinajstić information content (AvgIpc) is 3.53. The van der Waals surface area contributed by atoms with E-state index in [1.54, 1.807) is 18.2 Å². The summed E-state index contributed by atoms with van der Waals surface area (Å²) in [5.41, 5.74) is 6.43. The highest BCUT2D eigenvalue weighted by molar-refractivity contribution is 9.10. The molecular formula is C28H27BrClN3O5. The van der Waals surface area contributed by atoms with Gasteiger partial charge in [0.25, 0.3) is 0 Å². The number of nitrogens with zero attached hydrogens (tertiary/aromatic N) is 2. The van der Waals surface area contributed by atoms with Gasteiger partial charge < -0.3 is 23.2 Å². The van der Waals surface area contributed by atoms with Crippen LogP contribution in [0.25, 0.3) is 5.69 Å². The van der Waals surface area contributed by atoms with Crippen LogP contribution in [0.5, 0.6) is 17.2 Å². The topological polar surface area (TPSA) is 87.2 Å². The number of carbonyl (C=O) groups is 1. The third kappa shape index (κ3) is 6.06. The number of furan rings is 1. The smallest absolute Gasteiger partial charge is 0.307 e. The van der Waals surface area contributed by atoms with Crippen LogP contribution in [0, 0.1) is 13.8 Å². The average molecular weight is 601 g/mol. The van der Waals surface area contributed by atoms with Gasteiger partial charge in [-0.1, -0.05) is 11.6 Å². The summed E-state index contributed by atoms with van der Waals surface area (Å²) in [5.74, 6) is 1.68. The van der Waals surface area contributed by atoms with E-state index in [0.29, 0.717) is 44.7 Å². The second-order valence-corrected chi connectivity index (χ2v) is 9.43. The zero-order valence-corrected chi connectivity index (χ0v) is 23.7. The van der Waals surface area contributed by atoms with Crippen molar-refractivity contribution in [1.29, 1.82) is 0 Å². The van der Waals surface area contributed by atoms with Crippen molar-refractivity contribution in [3.8, 4) is 22.9 Å². The van der Waals surface area contributed by atoms with Crippen molar-refractivity contribution in [2.75, 3.05) is 13.7 Å². The Kier molecular flexibility index (Phi) is 8.81. The third-order valence-electron chi connectivity index (χ3n) is 5.67. The number of methoxy groups -OCH3 is 1. The SMILES string of the molecule is CCOc1c(OC)cc(/C=N/NC(=O)c2ccc(COc3ccc(-n4c(C)ccc4C)cc3)o2)c(Br)c1Cl. The Morgan fingerprint density at radius 1 is 1.11 bits per heavy atom. The molecule has 4 rings (SSSR count). The fourth-order valence-electron chi connectivity index (χ4n) is 3.84. The van der Waals surface area contributed by atoms with Gasteiger partial charge in [0.2, 0.25) is 0 Å². The molecule has 198 valence electrons. The highest BCUT2D eigenvalue weighted by atomic mass is 79.9. The number of hydrogen-bond acceptors (Lipinski definition) is 6. The van der Waals surface area contributed by atoms with E-state index >= 15 is 0 Å². The molecule has 2 heterocycles. The molecule has 0 fully saturated rings. The van der Waals surface area contributed by atoms with Gasteiger partial charge >= 0.3 is 5.91 Å². The first kappa shape index (κ1) is 27.3. The molecule has 0 bridgehead atoms. The molecule has 0 unspecified atom stereocenters. The number of halogens is 2. The molecule has 4 aromatic rings. The van der Waals surface area contributed by atoms with Gasteiger partial charge in [-0.2, -0.15) is 5.10 Å². The Morgan fingerprint density at radius 2 is 1.82 bits per heavy atom. The Bertz CT molecular complexity index is 1440. The molecule has 1 amide bonds. The monoisotopic (exact) mass is 599 g/mol. The van der Waals surface area contributed by atoms with Crippen molar-refractivity contribution < 1.29 is 23.4 Å². The molecule has 1 N–H and O–H groups in total. The molecule has 0 aliphatic heterocycles. The van der Waals surface area contributed by atoms with Crippen LogP contribution in [0.3, 0.4) is 0 Å². The van der Waals surface area contributed by atoms with Gasteiger partial charge in [0.05, 0.1) is 19.9 Å². The molecule has 38 heavy (non-hydrogen) atoms. The van der Waals surface area contributed by atoms with Crippen LogP contribution in [0.1, 0.15) is 40.2 Å². The maximum absolute atomic E-state index is 12.5. The Labute approximate surface area is 234 Å². The zero-order valence-electron chi connectivity index (χ0n) is 21.4. The van der Waals surface area contributed by atoms with Crippen LogP contribution >= 0.6 is 27.5 Å². The second-order valence-electron chi connectivity index (χ2n) is 8.26. The Morgan fingerprint density at radius 3 is 2.47 bits per heavy atom. The lowest BCUT2D eigenvalue weighted by atomic mass is 10.2. The van der Waals surface area contributed by atoms with Crippen molar-refractivity contribution >= 4 is 39.7 Å². The molecule has 10 heteroatoms. The second kappa shape index (κ2) is 12.2. The van der Waals surface area contributed by atoms with Crippen LogP contribution in [0.2, 0.25) is 5.02 Å². The van der Waals surface area contributed by atoms with Gasteiger partial charge in [0.15, 0.2) is 17.3 Å². The summed E-state index contributed by atoms with van der Waals surface area (Å²) < 4.78 is 25.1. The number of aryl methyl sites for hydroxylation is 2. The summed E-state index contributed by atoms with van der Waals surface area (Å²) in [7, 11) is 1.52. The standard InChI is InChI=1S/C28H27BrClN3O5/c1-5-36-27-24(35-4)14-19(25(29)26(27)30)15-31-32-28(34)23-13-12-22(38-23)16-37-21-10-8-20(9-11-21)33-17(2)6-7-18(33)3/h6-15H,5,16H2,1-4H3,(H,32,34)/b31-15+. The van der Waals surface area contributed by atoms with Gasteiger partial charge in [0.1, 0.15) is 23.1 Å². The van der Waals surface area contributed by atoms with E-state index in [9.17, 15) is 4.79 Å². The van der Waals surface area contributed by atoms with Crippen LogP contribution in [0.4, 0.5) is 0 Å². The molecule has 0 radical (unpaired) electrons. The van der Waals surface area contributed by atoms with E-state index in [-0.39, 0.29) is 12.4 Å². The van der Waals surface area contributed by atoms with E-state index in [1.165, 1.54) is 13.3 Å². The quantitative estimate of drug-likeness (QED) is 0.159. The van der Waals surface area contributed by atoms with Crippen molar-refractivity contribution in [2.45, 2.75) is 27.4 Å². The number of carbonyl (C=O) groups excluding carboxylic acids is 1. The lowest BCUT2D eigenvalue weighted by Crippen LogP contribution is -2.16. The number of ether oxygens (including phenoxy) is 3. The van der Waals surface area contributed by atoms with Gasteiger partial charge in [-0.3, -0.25) is 4.79 Å². The molecule has 0 saturated heterocycles. The molecule has 0 spiro atoms. The van der Waals surface area contributed by atoms with Gasteiger partial charge in [0, 0.05) is 27.1 Å². The Balaban J connectivity index is 1.35. The third-order valence-corrected chi connectivity index (χ3v) is 7.11. The lowest BCUT2D eigenvalue weighted by Gasteiger charge is -2.13. The van der Waals surface area contributed by atoms with Crippen LogP contribution < -0.4 is 19.6 Å². The maximum atomic E-state index is 12.5. The van der Waals surface area contributed by atoms with E-state index in [2.05, 4.69) is 57.0 Å². The van der Waals surface area contributed by atoms with Crippen molar-refractivity contribution in [2.24, 2.45) is 5.10 Å². The first-order valence-electron chi connectivity index (χ1n) is 11.8. The summed E-state index contributed by atoms with van der Waals surface area (Å²) >= 11 is 9.82. The molecule has 0 atom stereocenters. The normalized spacial score (nSPS) is 11.1. The van der Waals surface area contributed by atoms with Crippen LogP contribution in [0.15, 0.2) is 68.6 Å². The summed E-state index contributed by atoms with van der Waals surface area (Å²) in [6.45, 7) is 6.60. The largest absolute Gasteiger partial charge is 0.493 e. The summed E-state index contributed by atoms with van der Waals surface area (Å²) in [6.07, 6.45) is 1.44. The number of hydrazone groups is 1. The minimum atomic E-state index is -0.505. The molecule has 0 aliphatic rings. The molecule has 2 aromatic carbocycles. The van der Waals surface area contributed by atoms with E-state index < -0.39 is 5.91 Å². The zero-order chi connectivity index (χ0) is 27.2. The first-order chi connectivity index (χ1) is 18.3. The van der Waals surface area contributed by atoms with E-state index in [1.807, 2.05) is 31.2 Å². The fourth-order valence-corrected chi connectivity index (χ4v) is 4.50. The minimum absolute atomic E-state index is 0.107. The summed E-state index contributed by atoms with van der Waals surface area (Å²) in [4.78, 5) is 12.5. The number of rotatable bonds is 10. The van der Waals surface area contributed by atoms with Gasteiger partial charge in [-0.15, -0.1) is 0 Å². The number of aromatic nitrogens is 1. The predicted octanol–water partition coefficient (Wildman–Crippen LogP) is 6.85. The van der Waals surface area contributed by atoms with Crippen molar-refractivity contribution in [1.82, 2.24) is 9.99 Å². The van der Waals surface area contributed by atoms with E-state index in [4.69, 9.17) is 30.2 Å². The van der Waals surface area contributed by atoms with Crippen LogP contribution in [-0.2, 0) is 6.61 Å². The predicted molar refractivity (Wildman–Crippen MR) is 150 cm³/mol. The number of amides is 1. The molecular weight excluding hydrogens is 574 g/mol. The summed E-state index contributed by atoms with van der Waals surface area (Å²) in [5, 5.41) is 4.36. The molecule has 0 aliphatic carbocycles. The molecule has 8 nitrogen and oxygen atoms in total. The fraction of sp³-hybridized carbons (Fsp3) is 0.214. The molecule has 2 aromatic heterocycles. The highest BCUT2D eigenvalue weighted by Crippen LogP contribution is 2.42. The van der Waals surface area contributed by atoms with Gasteiger partial charge in [-0.05, 0) is 91.3 Å². The number of benzene rings is 2. The minimum Gasteiger partial charge on any atom is -0.493 e.